The number of nitrogens with zero attached hydrogens (tertiary/aromatic N) is 1. The van der Waals surface area contributed by atoms with E-state index in [0.717, 1.165) is 22.0 Å². The maximum Gasteiger partial charge on any atom is 0.0453 e. The number of hydrogen-bond acceptors (Lipinski definition) is 2. The third-order valence-corrected chi connectivity index (χ3v) is 3.78. The zero-order chi connectivity index (χ0) is 13.8. The summed E-state index contributed by atoms with van der Waals surface area (Å²) in [6.45, 7) is 0. The molecular formula is C14H13BrCl2N2. The highest BCUT2D eigenvalue weighted by atomic mass is 79.9. The first kappa shape index (κ1) is 14.8. The SMILES string of the molecule is NC(Cc1cncc(Br)c1)Cc1ccc(Cl)cc1Cl. The van der Waals surface area contributed by atoms with Crippen LogP contribution in [0.4, 0.5) is 0 Å². The number of aromatic nitrogens is 1. The van der Waals surface area contributed by atoms with Crippen LogP contribution >= 0.6 is 39.1 Å². The lowest BCUT2D eigenvalue weighted by molar-refractivity contribution is 0.663. The molecule has 0 saturated heterocycles. The van der Waals surface area contributed by atoms with Gasteiger partial charge in [-0.2, -0.15) is 0 Å². The Balaban J connectivity index is 2.03. The van der Waals surface area contributed by atoms with E-state index in [4.69, 9.17) is 28.9 Å². The summed E-state index contributed by atoms with van der Waals surface area (Å²) in [6.07, 6.45) is 5.05. The van der Waals surface area contributed by atoms with Gasteiger partial charge in [-0.3, -0.25) is 4.98 Å². The Labute approximate surface area is 131 Å². The Morgan fingerprint density at radius 3 is 2.63 bits per heavy atom. The van der Waals surface area contributed by atoms with Crippen molar-refractivity contribution in [1.82, 2.24) is 4.98 Å². The van der Waals surface area contributed by atoms with Crippen molar-refractivity contribution in [3.63, 3.8) is 0 Å². The summed E-state index contributed by atoms with van der Waals surface area (Å²) in [5.74, 6) is 0. The van der Waals surface area contributed by atoms with Gasteiger partial charge in [0.05, 0.1) is 0 Å². The van der Waals surface area contributed by atoms with Gasteiger partial charge in [-0.15, -0.1) is 0 Å². The molecule has 0 aliphatic carbocycles. The van der Waals surface area contributed by atoms with Crippen molar-refractivity contribution < 1.29 is 0 Å². The molecule has 1 atom stereocenters. The van der Waals surface area contributed by atoms with Crippen molar-refractivity contribution in [3.05, 3.63) is 62.3 Å². The Morgan fingerprint density at radius 1 is 1.16 bits per heavy atom. The molecular weight excluding hydrogens is 347 g/mol. The highest BCUT2D eigenvalue weighted by molar-refractivity contribution is 9.10. The molecule has 2 rings (SSSR count). The predicted molar refractivity (Wildman–Crippen MR) is 83.8 cm³/mol. The molecule has 0 fully saturated rings. The fraction of sp³-hybridized carbons (Fsp3) is 0.214. The smallest absolute Gasteiger partial charge is 0.0453 e. The van der Waals surface area contributed by atoms with E-state index in [-0.39, 0.29) is 6.04 Å². The normalized spacial score (nSPS) is 12.4. The fourth-order valence-electron chi connectivity index (χ4n) is 1.91. The van der Waals surface area contributed by atoms with Crippen molar-refractivity contribution in [2.24, 2.45) is 5.73 Å². The second-order valence-corrected chi connectivity index (χ2v) is 6.17. The van der Waals surface area contributed by atoms with E-state index in [2.05, 4.69) is 20.9 Å². The monoisotopic (exact) mass is 358 g/mol. The maximum absolute atomic E-state index is 6.16. The van der Waals surface area contributed by atoms with Crippen LogP contribution in [0.25, 0.3) is 0 Å². The molecule has 0 aliphatic rings. The average molecular weight is 360 g/mol. The van der Waals surface area contributed by atoms with Crippen molar-refractivity contribution in [2.45, 2.75) is 18.9 Å². The van der Waals surface area contributed by atoms with Crippen LogP contribution in [0.1, 0.15) is 11.1 Å². The van der Waals surface area contributed by atoms with E-state index in [0.29, 0.717) is 16.5 Å². The number of hydrogen-bond donors (Lipinski definition) is 1. The lowest BCUT2D eigenvalue weighted by Gasteiger charge is -2.13. The molecule has 0 bridgehead atoms. The molecule has 0 amide bonds. The van der Waals surface area contributed by atoms with Crippen molar-refractivity contribution in [1.29, 1.82) is 0 Å². The van der Waals surface area contributed by atoms with E-state index in [1.807, 2.05) is 24.4 Å². The van der Waals surface area contributed by atoms with Crippen LogP contribution in [0, 0.1) is 0 Å². The molecule has 1 aromatic heterocycles. The maximum atomic E-state index is 6.16. The highest BCUT2D eigenvalue weighted by Gasteiger charge is 2.09. The third-order valence-electron chi connectivity index (χ3n) is 2.76. The summed E-state index contributed by atoms with van der Waals surface area (Å²) >= 11 is 15.4. The van der Waals surface area contributed by atoms with Gasteiger partial charge in [0, 0.05) is 33.0 Å². The van der Waals surface area contributed by atoms with Gasteiger partial charge in [-0.25, -0.2) is 0 Å². The molecule has 0 spiro atoms. The molecule has 1 aromatic carbocycles. The quantitative estimate of drug-likeness (QED) is 0.885. The summed E-state index contributed by atoms with van der Waals surface area (Å²) in [5, 5.41) is 1.30. The molecule has 2 aromatic rings. The molecule has 0 aliphatic heterocycles. The molecule has 0 saturated carbocycles. The molecule has 0 radical (unpaired) electrons. The lowest BCUT2D eigenvalue weighted by atomic mass is 10.0. The standard InChI is InChI=1S/C14H13BrCl2N2/c15-11-3-9(7-19-8-11)4-13(18)5-10-1-2-12(16)6-14(10)17/h1-3,6-8,13H,4-5,18H2. The predicted octanol–water partition coefficient (Wildman–Crippen LogP) is 4.26. The van der Waals surface area contributed by atoms with Crippen LogP contribution < -0.4 is 5.73 Å². The summed E-state index contributed by atoms with van der Waals surface area (Å²) in [5.41, 5.74) is 8.28. The van der Waals surface area contributed by atoms with Crippen LogP contribution in [-0.4, -0.2) is 11.0 Å². The summed E-state index contributed by atoms with van der Waals surface area (Å²) in [7, 11) is 0. The highest BCUT2D eigenvalue weighted by Crippen LogP contribution is 2.22. The molecule has 19 heavy (non-hydrogen) atoms. The Morgan fingerprint density at radius 2 is 1.95 bits per heavy atom. The molecule has 1 heterocycles. The third kappa shape index (κ3) is 4.46. The Bertz CT molecular complexity index is 575. The summed E-state index contributed by atoms with van der Waals surface area (Å²) in [6, 6.07) is 7.51. The van der Waals surface area contributed by atoms with E-state index in [9.17, 15) is 0 Å². The number of rotatable bonds is 4. The van der Waals surface area contributed by atoms with Gasteiger partial charge >= 0.3 is 0 Å². The largest absolute Gasteiger partial charge is 0.327 e. The summed E-state index contributed by atoms with van der Waals surface area (Å²) in [4.78, 5) is 4.13. The first-order valence-electron chi connectivity index (χ1n) is 5.83. The topological polar surface area (TPSA) is 38.9 Å². The van der Waals surface area contributed by atoms with Crippen molar-refractivity contribution in [3.8, 4) is 0 Å². The molecule has 5 heteroatoms. The second-order valence-electron chi connectivity index (χ2n) is 4.42. The van der Waals surface area contributed by atoms with Gasteiger partial charge in [0.2, 0.25) is 0 Å². The van der Waals surface area contributed by atoms with E-state index >= 15 is 0 Å². The van der Waals surface area contributed by atoms with Crippen LogP contribution in [0.2, 0.25) is 10.0 Å². The first-order chi connectivity index (χ1) is 9.04. The van der Waals surface area contributed by atoms with Crippen LogP contribution in [-0.2, 0) is 12.8 Å². The number of pyridine rings is 1. The molecule has 100 valence electrons. The zero-order valence-electron chi connectivity index (χ0n) is 10.1. The molecule has 1 unspecified atom stereocenters. The minimum Gasteiger partial charge on any atom is -0.327 e. The van der Waals surface area contributed by atoms with Gasteiger partial charge in [0.25, 0.3) is 0 Å². The van der Waals surface area contributed by atoms with Crippen LogP contribution in [0.3, 0.4) is 0 Å². The van der Waals surface area contributed by atoms with Gasteiger partial charge in [-0.1, -0.05) is 29.3 Å². The molecule has 2 nitrogen and oxygen atoms in total. The van der Waals surface area contributed by atoms with Crippen LogP contribution in [0.15, 0.2) is 41.1 Å². The fourth-order valence-corrected chi connectivity index (χ4v) is 2.81. The zero-order valence-corrected chi connectivity index (χ0v) is 13.2. The van der Waals surface area contributed by atoms with Crippen molar-refractivity contribution in [2.75, 3.05) is 0 Å². The first-order valence-corrected chi connectivity index (χ1v) is 7.38. The van der Waals surface area contributed by atoms with Gasteiger partial charge in [0.15, 0.2) is 0 Å². The van der Waals surface area contributed by atoms with Gasteiger partial charge in [-0.05, 0) is 58.1 Å². The van der Waals surface area contributed by atoms with E-state index in [1.165, 1.54) is 0 Å². The summed E-state index contributed by atoms with van der Waals surface area (Å²) < 4.78 is 0.960. The minimum atomic E-state index is -0.00484. The van der Waals surface area contributed by atoms with Gasteiger partial charge in [0.1, 0.15) is 0 Å². The Kier molecular flexibility index (Phi) is 5.22. The number of nitrogens with two attached hydrogens (primary N) is 1. The number of benzene rings is 1. The lowest BCUT2D eigenvalue weighted by Crippen LogP contribution is -2.25. The number of halogens is 3. The van der Waals surface area contributed by atoms with E-state index < -0.39 is 0 Å². The van der Waals surface area contributed by atoms with Crippen molar-refractivity contribution >= 4 is 39.1 Å². The van der Waals surface area contributed by atoms with Crippen LogP contribution in [0.5, 0.6) is 0 Å². The minimum absolute atomic E-state index is 0.00484. The van der Waals surface area contributed by atoms with E-state index in [1.54, 1.807) is 12.3 Å². The molecule has 2 N–H and O–H groups in total. The average Bonchev–Trinajstić information content (AvgIpc) is 2.33. The van der Waals surface area contributed by atoms with Gasteiger partial charge < -0.3 is 5.73 Å². The Hall–Kier alpha value is -0.610. The second kappa shape index (κ2) is 6.71.